The summed E-state index contributed by atoms with van der Waals surface area (Å²) in [5, 5.41) is 2.49. The van der Waals surface area contributed by atoms with Crippen LogP contribution in [0.5, 0.6) is 0 Å². The smallest absolute Gasteiger partial charge is 0.320 e. The average molecular weight is 589 g/mol. The number of carbonyl (C=O) groups is 2. The first-order chi connectivity index (χ1) is 19.9. The van der Waals surface area contributed by atoms with Crippen LogP contribution in [0.1, 0.15) is 79.2 Å². The van der Waals surface area contributed by atoms with Crippen molar-refractivity contribution >= 4 is 30.6 Å². The van der Waals surface area contributed by atoms with E-state index in [9.17, 15) is 9.59 Å². The lowest BCUT2D eigenvalue weighted by Gasteiger charge is -2.43. The molecule has 3 aromatic rings. The zero-order valence-electron chi connectivity index (χ0n) is 26.2. The van der Waals surface area contributed by atoms with Gasteiger partial charge in [-0.25, -0.2) is 0 Å². The molecule has 0 heterocycles. The maximum Gasteiger partial charge on any atom is 0.320 e. The molecule has 0 N–H and O–H groups in total. The highest BCUT2D eigenvalue weighted by Gasteiger charge is 2.49. The number of hydrogen-bond acceptors (Lipinski definition) is 5. The summed E-state index contributed by atoms with van der Waals surface area (Å²) in [6.07, 6.45) is 3.86. The molecule has 0 bridgehead atoms. The van der Waals surface area contributed by atoms with Crippen LogP contribution in [0.2, 0.25) is 5.04 Å². The van der Waals surface area contributed by atoms with E-state index in [-0.39, 0.29) is 11.6 Å². The fourth-order valence-electron chi connectivity index (χ4n) is 5.33. The predicted molar refractivity (Wildman–Crippen MR) is 172 cm³/mol. The highest BCUT2D eigenvalue weighted by molar-refractivity contribution is 6.99. The van der Waals surface area contributed by atoms with Gasteiger partial charge in [0.25, 0.3) is 8.32 Å². The highest BCUT2D eigenvalue weighted by Crippen LogP contribution is 2.37. The van der Waals surface area contributed by atoms with E-state index in [1.807, 2.05) is 51.1 Å². The molecule has 0 saturated carbocycles. The summed E-state index contributed by atoms with van der Waals surface area (Å²) >= 11 is 0. The zero-order chi connectivity index (χ0) is 30.6. The Balaban J connectivity index is 1.59. The van der Waals surface area contributed by atoms with Crippen molar-refractivity contribution in [3.63, 3.8) is 0 Å². The van der Waals surface area contributed by atoms with Crippen molar-refractivity contribution in [2.45, 2.75) is 90.9 Å². The quantitative estimate of drug-likeness (QED) is 0.0862. The monoisotopic (exact) mass is 588 g/mol. The molecule has 0 aliphatic rings. The molecular formula is C36H48O5Si. The molecule has 5 nitrogen and oxygen atoms in total. The summed E-state index contributed by atoms with van der Waals surface area (Å²) in [7, 11) is -2.55. The van der Waals surface area contributed by atoms with E-state index >= 15 is 0 Å². The van der Waals surface area contributed by atoms with Gasteiger partial charge in [-0.2, -0.15) is 0 Å². The standard InChI is InChI=1S/C36H48O5Si/c1-35(2,3)41-34(38)32(33(37)39-28-29-20-12-9-13-21-29)26-18-7-8-19-27-40-42(36(4,5)6,30-22-14-10-15-23-30)31-24-16-11-17-25-31/h9-17,20-25,32H,7-8,18-19,26-28H2,1-6H3. The molecule has 0 spiro atoms. The number of hydrogen-bond donors (Lipinski definition) is 0. The van der Waals surface area contributed by atoms with Crippen molar-refractivity contribution in [1.29, 1.82) is 0 Å². The zero-order valence-corrected chi connectivity index (χ0v) is 27.2. The highest BCUT2D eigenvalue weighted by atomic mass is 28.4. The van der Waals surface area contributed by atoms with Gasteiger partial charge in [0.2, 0.25) is 0 Å². The van der Waals surface area contributed by atoms with Gasteiger partial charge in [0.05, 0.1) is 0 Å². The van der Waals surface area contributed by atoms with Gasteiger partial charge in [-0.3, -0.25) is 9.59 Å². The molecule has 0 aliphatic carbocycles. The second-order valence-corrected chi connectivity index (χ2v) is 17.2. The minimum Gasteiger partial charge on any atom is -0.460 e. The molecule has 0 saturated heterocycles. The van der Waals surface area contributed by atoms with Crippen LogP contribution >= 0.6 is 0 Å². The van der Waals surface area contributed by atoms with Crippen molar-refractivity contribution < 1.29 is 23.5 Å². The minimum atomic E-state index is -2.55. The van der Waals surface area contributed by atoms with Crippen LogP contribution in [0.15, 0.2) is 91.0 Å². The molecule has 6 heteroatoms. The fourth-order valence-corrected chi connectivity index (χ4v) is 9.93. The van der Waals surface area contributed by atoms with Crippen LogP contribution < -0.4 is 10.4 Å². The number of benzene rings is 3. The van der Waals surface area contributed by atoms with Gasteiger partial charge in [-0.15, -0.1) is 0 Å². The lowest BCUT2D eigenvalue weighted by molar-refractivity contribution is -0.170. The van der Waals surface area contributed by atoms with Crippen LogP contribution in [0.25, 0.3) is 0 Å². The topological polar surface area (TPSA) is 61.8 Å². The van der Waals surface area contributed by atoms with Crippen LogP contribution in [-0.2, 0) is 30.1 Å². The molecule has 0 aromatic heterocycles. The van der Waals surface area contributed by atoms with Crippen LogP contribution in [-0.4, -0.2) is 32.5 Å². The van der Waals surface area contributed by atoms with Crippen molar-refractivity contribution in [2.75, 3.05) is 6.61 Å². The van der Waals surface area contributed by atoms with Gasteiger partial charge in [-0.1, -0.05) is 131 Å². The van der Waals surface area contributed by atoms with E-state index in [1.165, 1.54) is 10.4 Å². The lowest BCUT2D eigenvalue weighted by Crippen LogP contribution is -2.66. The van der Waals surface area contributed by atoms with E-state index in [4.69, 9.17) is 13.9 Å². The second-order valence-electron chi connectivity index (χ2n) is 12.9. The average Bonchev–Trinajstić information content (AvgIpc) is 2.95. The molecule has 0 amide bonds. The van der Waals surface area contributed by atoms with Gasteiger partial charge in [0.1, 0.15) is 12.2 Å². The molecular weight excluding hydrogens is 540 g/mol. The predicted octanol–water partition coefficient (Wildman–Crippen LogP) is 7.21. The molecule has 3 rings (SSSR count). The normalized spacial score (nSPS) is 12.9. The largest absolute Gasteiger partial charge is 0.460 e. The number of unbranched alkanes of at least 4 members (excludes halogenated alkanes) is 3. The Morgan fingerprint density at radius 3 is 1.67 bits per heavy atom. The van der Waals surface area contributed by atoms with Gasteiger partial charge in [-0.05, 0) is 54.6 Å². The minimum absolute atomic E-state index is 0.0591. The van der Waals surface area contributed by atoms with Gasteiger partial charge in [0, 0.05) is 6.61 Å². The van der Waals surface area contributed by atoms with Gasteiger partial charge in [0.15, 0.2) is 5.92 Å². The molecule has 0 fully saturated rings. The summed E-state index contributed by atoms with van der Waals surface area (Å²) in [6, 6.07) is 30.8. The number of rotatable bonds is 14. The molecule has 0 radical (unpaired) electrons. The Bertz CT molecular complexity index is 1190. The van der Waals surface area contributed by atoms with Crippen molar-refractivity contribution in [2.24, 2.45) is 5.92 Å². The Hall–Kier alpha value is -3.22. The maximum atomic E-state index is 12.9. The molecule has 1 unspecified atom stereocenters. The van der Waals surface area contributed by atoms with Crippen LogP contribution in [0.3, 0.4) is 0 Å². The van der Waals surface area contributed by atoms with Crippen molar-refractivity contribution in [3.8, 4) is 0 Å². The number of ether oxygens (including phenoxy) is 2. The number of esters is 2. The van der Waals surface area contributed by atoms with Crippen LogP contribution in [0, 0.1) is 5.92 Å². The van der Waals surface area contributed by atoms with E-state index < -0.39 is 31.8 Å². The summed E-state index contributed by atoms with van der Waals surface area (Å²) in [6.45, 7) is 13.1. The van der Waals surface area contributed by atoms with Crippen LogP contribution in [0.4, 0.5) is 0 Å². The summed E-state index contributed by atoms with van der Waals surface area (Å²) < 4.78 is 18.1. The fraction of sp³-hybridized carbons (Fsp3) is 0.444. The maximum absolute atomic E-state index is 12.9. The first kappa shape index (κ1) is 33.3. The summed E-state index contributed by atoms with van der Waals surface area (Å²) in [5.41, 5.74) is 0.211. The molecule has 3 aromatic carbocycles. The van der Waals surface area contributed by atoms with Crippen molar-refractivity contribution in [1.82, 2.24) is 0 Å². The molecule has 0 aliphatic heterocycles. The second kappa shape index (κ2) is 15.3. The summed E-state index contributed by atoms with van der Waals surface area (Å²) in [4.78, 5) is 25.9. The first-order valence-electron chi connectivity index (χ1n) is 15.1. The third-order valence-corrected chi connectivity index (χ3v) is 12.4. The van der Waals surface area contributed by atoms with E-state index in [0.29, 0.717) is 13.0 Å². The van der Waals surface area contributed by atoms with Crippen molar-refractivity contribution in [3.05, 3.63) is 96.6 Å². The Kier molecular flexibility index (Phi) is 12.1. The molecule has 42 heavy (non-hydrogen) atoms. The van der Waals surface area contributed by atoms with Gasteiger partial charge >= 0.3 is 11.9 Å². The number of carbonyl (C=O) groups excluding carboxylic acids is 2. The van der Waals surface area contributed by atoms with E-state index in [0.717, 1.165) is 31.2 Å². The Morgan fingerprint density at radius 1 is 0.667 bits per heavy atom. The summed E-state index contributed by atoms with van der Waals surface area (Å²) in [5.74, 6) is -1.97. The lowest BCUT2D eigenvalue weighted by atomic mass is 10.0. The van der Waals surface area contributed by atoms with E-state index in [1.54, 1.807) is 0 Å². The van der Waals surface area contributed by atoms with E-state index in [2.05, 4.69) is 81.4 Å². The molecule has 1 atom stereocenters. The third-order valence-electron chi connectivity index (χ3n) is 7.32. The van der Waals surface area contributed by atoms with Gasteiger partial charge < -0.3 is 13.9 Å². The SMILES string of the molecule is CC(C)(C)OC(=O)C(CCCCCCO[Si](c1ccccc1)(c1ccccc1)C(C)(C)C)C(=O)OCc1ccccc1. The Morgan fingerprint density at radius 2 is 1.17 bits per heavy atom. The first-order valence-corrected chi connectivity index (χ1v) is 17.0. The molecule has 226 valence electrons. The third kappa shape index (κ3) is 9.40. The Labute approximate surface area is 253 Å².